The van der Waals surface area contributed by atoms with Crippen LogP contribution in [0.2, 0.25) is 0 Å². The van der Waals surface area contributed by atoms with Crippen LogP contribution < -0.4 is 5.32 Å². The molecule has 4 nitrogen and oxygen atoms in total. The van der Waals surface area contributed by atoms with Gasteiger partial charge in [0.05, 0.1) is 11.2 Å². The monoisotopic (exact) mass is 278 g/mol. The van der Waals surface area contributed by atoms with Crippen molar-refractivity contribution in [2.75, 3.05) is 12.4 Å². The van der Waals surface area contributed by atoms with E-state index in [0.717, 1.165) is 33.5 Å². The number of aromatic nitrogens is 3. The average Bonchev–Trinajstić information content (AvgIpc) is 2.53. The van der Waals surface area contributed by atoms with Crippen molar-refractivity contribution in [1.29, 1.82) is 0 Å². The Bertz CT molecular complexity index is 781. The molecule has 0 unspecified atom stereocenters. The Labute approximate surface area is 124 Å². The minimum Gasteiger partial charge on any atom is -0.373 e. The maximum atomic E-state index is 4.51. The zero-order valence-corrected chi connectivity index (χ0v) is 12.5. The van der Waals surface area contributed by atoms with Crippen molar-refractivity contribution in [2.24, 2.45) is 0 Å². The Morgan fingerprint density at radius 3 is 2.67 bits per heavy atom. The van der Waals surface area contributed by atoms with Crippen LogP contribution in [0.4, 0.5) is 5.82 Å². The van der Waals surface area contributed by atoms with Crippen LogP contribution in [0.25, 0.3) is 22.2 Å². The number of nitrogens with zero attached hydrogens (tertiary/aromatic N) is 3. The van der Waals surface area contributed by atoms with Crippen molar-refractivity contribution in [2.45, 2.75) is 19.8 Å². The fraction of sp³-hybridized carbons (Fsp3) is 0.235. The van der Waals surface area contributed by atoms with Gasteiger partial charge in [-0.1, -0.05) is 32.0 Å². The van der Waals surface area contributed by atoms with Gasteiger partial charge in [-0.2, -0.15) is 0 Å². The van der Waals surface area contributed by atoms with Gasteiger partial charge in [0.25, 0.3) is 0 Å². The van der Waals surface area contributed by atoms with E-state index in [1.807, 2.05) is 19.3 Å². The second kappa shape index (κ2) is 5.48. The van der Waals surface area contributed by atoms with Crippen LogP contribution in [0.3, 0.4) is 0 Å². The highest BCUT2D eigenvalue weighted by Crippen LogP contribution is 2.32. The van der Waals surface area contributed by atoms with Gasteiger partial charge in [-0.25, -0.2) is 9.97 Å². The lowest BCUT2D eigenvalue weighted by molar-refractivity contribution is 0.852. The number of nitrogens with one attached hydrogen (secondary N) is 1. The summed E-state index contributed by atoms with van der Waals surface area (Å²) in [5.74, 6) is 1.22. The van der Waals surface area contributed by atoms with E-state index in [0.29, 0.717) is 5.92 Å². The maximum absolute atomic E-state index is 4.51. The number of pyridine rings is 1. The lowest BCUT2D eigenvalue weighted by Gasteiger charge is -2.15. The Balaban J connectivity index is 2.22. The van der Waals surface area contributed by atoms with Gasteiger partial charge < -0.3 is 5.32 Å². The van der Waals surface area contributed by atoms with Gasteiger partial charge in [0, 0.05) is 29.8 Å². The third-order valence-corrected chi connectivity index (χ3v) is 3.58. The highest BCUT2D eigenvalue weighted by Gasteiger charge is 2.15. The first-order valence-electron chi connectivity index (χ1n) is 7.08. The predicted molar refractivity (Wildman–Crippen MR) is 86.4 cm³/mol. The molecule has 0 saturated heterocycles. The zero-order valence-electron chi connectivity index (χ0n) is 12.5. The summed E-state index contributed by atoms with van der Waals surface area (Å²) in [5, 5.41) is 4.29. The zero-order chi connectivity index (χ0) is 14.8. The first-order chi connectivity index (χ1) is 10.2. The SMILES string of the molecule is CNc1ncnc(-c2ccc3cccnc3c2)c1C(C)C. The van der Waals surface area contributed by atoms with Gasteiger partial charge in [-0.3, -0.25) is 4.98 Å². The molecule has 1 N–H and O–H groups in total. The van der Waals surface area contributed by atoms with Gasteiger partial charge in [-0.15, -0.1) is 0 Å². The molecule has 2 aromatic heterocycles. The summed E-state index contributed by atoms with van der Waals surface area (Å²) in [6.07, 6.45) is 3.42. The lowest BCUT2D eigenvalue weighted by Crippen LogP contribution is -2.04. The van der Waals surface area contributed by atoms with E-state index in [2.05, 4.69) is 58.4 Å². The number of rotatable bonds is 3. The molecule has 4 heteroatoms. The highest BCUT2D eigenvalue weighted by molar-refractivity contribution is 5.84. The van der Waals surface area contributed by atoms with Crippen LogP contribution in [-0.4, -0.2) is 22.0 Å². The van der Waals surface area contributed by atoms with Crippen LogP contribution in [0, 0.1) is 0 Å². The molecule has 0 aliphatic carbocycles. The molecule has 0 atom stereocenters. The standard InChI is InChI=1S/C17H18N4/c1-11(2)15-16(20-10-21-17(15)18-3)13-7-6-12-5-4-8-19-14(12)9-13/h4-11H,1-3H3,(H,18,20,21). The van der Waals surface area contributed by atoms with Gasteiger partial charge in [0.15, 0.2) is 0 Å². The topological polar surface area (TPSA) is 50.7 Å². The molecular formula is C17H18N4. The van der Waals surface area contributed by atoms with Crippen LogP contribution in [0.1, 0.15) is 25.3 Å². The number of fused-ring (bicyclic) bond motifs is 1. The second-order valence-electron chi connectivity index (χ2n) is 5.30. The molecule has 0 amide bonds. The van der Waals surface area contributed by atoms with Crippen LogP contribution in [-0.2, 0) is 0 Å². The average molecular weight is 278 g/mol. The van der Waals surface area contributed by atoms with Gasteiger partial charge >= 0.3 is 0 Å². The van der Waals surface area contributed by atoms with Crippen LogP contribution in [0.5, 0.6) is 0 Å². The van der Waals surface area contributed by atoms with E-state index >= 15 is 0 Å². The second-order valence-corrected chi connectivity index (χ2v) is 5.30. The normalized spacial score (nSPS) is 11.0. The number of hydrogen-bond acceptors (Lipinski definition) is 4. The first-order valence-corrected chi connectivity index (χ1v) is 7.08. The molecule has 2 heterocycles. The van der Waals surface area contributed by atoms with E-state index < -0.39 is 0 Å². The lowest BCUT2D eigenvalue weighted by atomic mass is 9.96. The van der Waals surface area contributed by atoms with Crippen molar-refractivity contribution in [3.05, 3.63) is 48.4 Å². The smallest absolute Gasteiger partial charge is 0.133 e. The number of benzene rings is 1. The fourth-order valence-electron chi connectivity index (χ4n) is 2.59. The van der Waals surface area contributed by atoms with E-state index in [4.69, 9.17) is 0 Å². The fourth-order valence-corrected chi connectivity index (χ4v) is 2.59. The molecule has 0 bridgehead atoms. The first kappa shape index (κ1) is 13.5. The minimum absolute atomic E-state index is 0.336. The van der Waals surface area contributed by atoms with Crippen molar-refractivity contribution >= 4 is 16.7 Å². The molecule has 0 radical (unpaired) electrons. The molecule has 0 aliphatic rings. The molecule has 3 aromatic rings. The minimum atomic E-state index is 0.336. The molecule has 1 aromatic carbocycles. The molecule has 106 valence electrons. The Morgan fingerprint density at radius 2 is 1.90 bits per heavy atom. The predicted octanol–water partition coefficient (Wildman–Crippen LogP) is 3.86. The number of hydrogen-bond donors (Lipinski definition) is 1. The Morgan fingerprint density at radius 1 is 1.05 bits per heavy atom. The van der Waals surface area contributed by atoms with E-state index in [-0.39, 0.29) is 0 Å². The molecule has 21 heavy (non-hydrogen) atoms. The van der Waals surface area contributed by atoms with Crippen molar-refractivity contribution in [3.8, 4) is 11.3 Å². The van der Waals surface area contributed by atoms with Crippen LogP contribution in [0.15, 0.2) is 42.9 Å². The number of anilines is 1. The van der Waals surface area contributed by atoms with Gasteiger partial charge in [0.2, 0.25) is 0 Å². The maximum Gasteiger partial charge on any atom is 0.133 e. The summed E-state index contributed by atoms with van der Waals surface area (Å²) < 4.78 is 0. The summed E-state index contributed by atoms with van der Waals surface area (Å²) in [7, 11) is 1.89. The molecule has 0 saturated carbocycles. The van der Waals surface area contributed by atoms with E-state index in [1.165, 1.54) is 0 Å². The van der Waals surface area contributed by atoms with Gasteiger partial charge in [-0.05, 0) is 18.1 Å². The van der Waals surface area contributed by atoms with E-state index in [9.17, 15) is 0 Å². The van der Waals surface area contributed by atoms with Crippen molar-refractivity contribution in [1.82, 2.24) is 15.0 Å². The highest BCUT2D eigenvalue weighted by atomic mass is 15.0. The van der Waals surface area contributed by atoms with Gasteiger partial charge in [0.1, 0.15) is 12.1 Å². The summed E-state index contributed by atoms with van der Waals surface area (Å²) in [5.41, 5.74) is 4.16. The molecule has 0 spiro atoms. The Hall–Kier alpha value is -2.49. The van der Waals surface area contributed by atoms with Crippen LogP contribution >= 0.6 is 0 Å². The van der Waals surface area contributed by atoms with Crippen molar-refractivity contribution in [3.63, 3.8) is 0 Å². The summed E-state index contributed by atoms with van der Waals surface area (Å²) >= 11 is 0. The van der Waals surface area contributed by atoms with E-state index in [1.54, 1.807) is 6.33 Å². The third kappa shape index (κ3) is 2.44. The molecular weight excluding hydrogens is 260 g/mol. The quantitative estimate of drug-likeness (QED) is 0.790. The van der Waals surface area contributed by atoms with Crippen molar-refractivity contribution < 1.29 is 0 Å². The summed E-state index contributed by atoms with van der Waals surface area (Å²) in [4.78, 5) is 13.3. The molecule has 0 aliphatic heterocycles. The summed E-state index contributed by atoms with van der Waals surface area (Å²) in [6.45, 7) is 4.31. The molecule has 3 rings (SSSR count). The summed E-state index contributed by atoms with van der Waals surface area (Å²) in [6, 6.07) is 10.3. The Kier molecular flexibility index (Phi) is 3.52. The third-order valence-electron chi connectivity index (χ3n) is 3.58. The largest absolute Gasteiger partial charge is 0.373 e. The molecule has 0 fully saturated rings.